The monoisotopic (exact) mass is 277 g/mol. The molecule has 0 bridgehead atoms. The van der Waals surface area contributed by atoms with E-state index in [1.807, 2.05) is 45.9 Å². The number of hydrogen-bond acceptors (Lipinski definition) is 3. The highest BCUT2D eigenvalue weighted by Crippen LogP contribution is 2.17. The van der Waals surface area contributed by atoms with Gasteiger partial charge >= 0.3 is 6.03 Å². The summed E-state index contributed by atoms with van der Waals surface area (Å²) in [6, 6.07) is 5.69. The summed E-state index contributed by atoms with van der Waals surface area (Å²) in [5, 5.41) is 2.97. The Morgan fingerprint density at radius 1 is 1.45 bits per heavy atom. The first kappa shape index (κ1) is 14.6. The molecule has 1 N–H and O–H groups in total. The average molecular weight is 277 g/mol. The Morgan fingerprint density at radius 2 is 2.20 bits per heavy atom. The van der Waals surface area contributed by atoms with Crippen LogP contribution in [0.25, 0.3) is 0 Å². The van der Waals surface area contributed by atoms with E-state index in [9.17, 15) is 4.79 Å². The van der Waals surface area contributed by atoms with E-state index in [0.29, 0.717) is 12.4 Å². The number of hydrogen-bond donors (Lipinski definition) is 1. The molecular weight excluding hydrogens is 254 g/mol. The number of carbonyl (C=O) groups excluding carboxylic acids is 1. The first-order chi connectivity index (χ1) is 9.33. The molecule has 2 amide bonds. The van der Waals surface area contributed by atoms with Crippen molar-refractivity contribution in [1.29, 1.82) is 0 Å². The Bertz CT molecular complexity index is 482. The highest BCUT2D eigenvalue weighted by molar-refractivity contribution is 5.75. The van der Waals surface area contributed by atoms with Gasteiger partial charge in [0.25, 0.3) is 0 Å². The molecule has 1 aromatic heterocycles. The standard InChI is InChI=1S/C15H23N3O2/c1-11-6-5-7-13(16-11)20-12-8-9-18(10-12)14(19)17-15(2,3)4/h5-7,12H,8-10H2,1-4H3,(H,17,19). The number of nitrogens with one attached hydrogen (secondary N) is 1. The number of urea groups is 1. The molecule has 0 spiro atoms. The summed E-state index contributed by atoms with van der Waals surface area (Å²) in [6.07, 6.45) is 0.864. The molecule has 1 aliphatic heterocycles. The van der Waals surface area contributed by atoms with Crippen LogP contribution in [0.15, 0.2) is 18.2 Å². The molecule has 1 fully saturated rings. The summed E-state index contributed by atoms with van der Waals surface area (Å²) in [6.45, 7) is 9.20. The molecule has 1 unspecified atom stereocenters. The number of nitrogens with zero attached hydrogens (tertiary/aromatic N) is 2. The van der Waals surface area contributed by atoms with E-state index in [1.54, 1.807) is 4.90 Å². The molecule has 0 aromatic carbocycles. The zero-order valence-corrected chi connectivity index (χ0v) is 12.6. The zero-order chi connectivity index (χ0) is 14.8. The van der Waals surface area contributed by atoms with Gasteiger partial charge in [-0.2, -0.15) is 0 Å². The topological polar surface area (TPSA) is 54.5 Å². The van der Waals surface area contributed by atoms with Crippen LogP contribution in [0.1, 0.15) is 32.9 Å². The number of amides is 2. The van der Waals surface area contributed by atoms with Crippen molar-refractivity contribution in [3.8, 4) is 5.88 Å². The maximum atomic E-state index is 12.1. The second-order valence-electron chi connectivity index (χ2n) is 6.27. The molecule has 0 aliphatic carbocycles. The van der Waals surface area contributed by atoms with Crippen molar-refractivity contribution in [2.24, 2.45) is 0 Å². The van der Waals surface area contributed by atoms with Crippen molar-refractivity contribution in [2.45, 2.75) is 45.8 Å². The highest BCUT2D eigenvalue weighted by Gasteiger charge is 2.29. The van der Waals surface area contributed by atoms with Gasteiger partial charge in [-0.1, -0.05) is 6.07 Å². The molecule has 2 heterocycles. The lowest BCUT2D eigenvalue weighted by Gasteiger charge is -2.25. The number of carbonyl (C=O) groups is 1. The van der Waals surface area contributed by atoms with Gasteiger partial charge in [0.1, 0.15) is 6.10 Å². The van der Waals surface area contributed by atoms with Crippen LogP contribution < -0.4 is 10.1 Å². The van der Waals surface area contributed by atoms with Gasteiger partial charge < -0.3 is 15.0 Å². The third-order valence-electron chi connectivity index (χ3n) is 3.06. The molecule has 5 heteroatoms. The lowest BCUT2D eigenvalue weighted by Crippen LogP contribution is -2.48. The van der Waals surface area contributed by atoms with E-state index < -0.39 is 0 Å². The van der Waals surface area contributed by atoms with Gasteiger partial charge in [0.2, 0.25) is 5.88 Å². The van der Waals surface area contributed by atoms with Crippen LogP contribution in [0.5, 0.6) is 5.88 Å². The minimum absolute atomic E-state index is 0.0232. The Kier molecular flexibility index (Phi) is 4.16. The van der Waals surface area contributed by atoms with E-state index in [-0.39, 0.29) is 17.7 Å². The minimum Gasteiger partial charge on any atom is -0.472 e. The maximum absolute atomic E-state index is 12.1. The first-order valence-corrected chi connectivity index (χ1v) is 7.01. The molecule has 1 aliphatic rings. The maximum Gasteiger partial charge on any atom is 0.317 e. The number of rotatable bonds is 2. The second-order valence-corrected chi connectivity index (χ2v) is 6.27. The van der Waals surface area contributed by atoms with Gasteiger partial charge in [0, 0.05) is 30.3 Å². The van der Waals surface area contributed by atoms with Crippen LogP contribution in [-0.4, -0.2) is 40.6 Å². The number of aryl methyl sites for hydroxylation is 1. The van der Waals surface area contributed by atoms with E-state index in [4.69, 9.17) is 4.74 Å². The molecule has 0 saturated carbocycles. The summed E-state index contributed by atoms with van der Waals surface area (Å²) in [7, 11) is 0. The van der Waals surface area contributed by atoms with Crippen molar-refractivity contribution in [3.63, 3.8) is 0 Å². The van der Waals surface area contributed by atoms with Gasteiger partial charge in [0.05, 0.1) is 6.54 Å². The van der Waals surface area contributed by atoms with Crippen LogP contribution in [0, 0.1) is 6.92 Å². The van der Waals surface area contributed by atoms with Gasteiger partial charge in [0.15, 0.2) is 0 Å². The molecule has 1 aromatic rings. The molecule has 1 saturated heterocycles. The number of pyridine rings is 1. The molecule has 110 valence electrons. The number of likely N-dealkylation sites (tertiary alicyclic amines) is 1. The fraction of sp³-hybridized carbons (Fsp3) is 0.600. The summed E-state index contributed by atoms with van der Waals surface area (Å²) in [5.41, 5.74) is 0.719. The van der Waals surface area contributed by atoms with Crippen LogP contribution in [0.4, 0.5) is 4.79 Å². The lowest BCUT2D eigenvalue weighted by molar-refractivity contribution is 0.178. The van der Waals surface area contributed by atoms with Gasteiger partial charge in [-0.15, -0.1) is 0 Å². The smallest absolute Gasteiger partial charge is 0.317 e. The highest BCUT2D eigenvalue weighted by atomic mass is 16.5. The predicted molar refractivity (Wildman–Crippen MR) is 77.9 cm³/mol. The average Bonchev–Trinajstić information content (AvgIpc) is 2.75. The van der Waals surface area contributed by atoms with E-state index in [1.165, 1.54) is 0 Å². The fourth-order valence-corrected chi connectivity index (χ4v) is 2.16. The zero-order valence-electron chi connectivity index (χ0n) is 12.6. The van der Waals surface area contributed by atoms with E-state index >= 15 is 0 Å². The summed E-state index contributed by atoms with van der Waals surface area (Å²) >= 11 is 0. The van der Waals surface area contributed by atoms with Crippen molar-refractivity contribution in [2.75, 3.05) is 13.1 Å². The molecule has 2 rings (SSSR count). The Morgan fingerprint density at radius 3 is 2.85 bits per heavy atom. The predicted octanol–water partition coefficient (Wildman–Crippen LogP) is 2.35. The largest absolute Gasteiger partial charge is 0.472 e. The quantitative estimate of drug-likeness (QED) is 0.903. The van der Waals surface area contributed by atoms with Crippen LogP contribution in [0.2, 0.25) is 0 Å². The van der Waals surface area contributed by atoms with Crippen molar-refractivity contribution >= 4 is 6.03 Å². The second kappa shape index (κ2) is 5.69. The van der Waals surface area contributed by atoms with E-state index in [2.05, 4.69) is 10.3 Å². The summed E-state index contributed by atoms with van der Waals surface area (Å²) in [5.74, 6) is 0.632. The minimum atomic E-state index is -0.214. The Labute approximate surface area is 120 Å². The Balaban J connectivity index is 1.88. The van der Waals surface area contributed by atoms with Gasteiger partial charge in [-0.25, -0.2) is 9.78 Å². The third kappa shape index (κ3) is 4.11. The van der Waals surface area contributed by atoms with E-state index in [0.717, 1.165) is 18.7 Å². The first-order valence-electron chi connectivity index (χ1n) is 7.01. The van der Waals surface area contributed by atoms with Crippen LogP contribution in [0.3, 0.4) is 0 Å². The summed E-state index contributed by atoms with van der Waals surface area (Å²) < 4.78 is 5.83. The summed E-state index contributed by atoms with van der Waals surface area (Å²) in [4.78, 5) is 18.2. The molecule has 0 radical (unpaired) electrons. The molecular formula is C15H23N3O2. The van der Waals surface area contributed by atoms with Gasteiger partial charge in [-0.05, 0) is 33.8 Å². The number of aromatic nitrogens is 1. The third-order valence-corrected chi connectivity index (χ3v) is 3.06. The van der Waals surface area contributed by atoms with Gasteiger partial charge in [-0.3, -0.25) is 0 Å². The van der Waals surface area contributed by atoms with Crippen molar-refractivity contribution in [3.05, 3.63) is 23.9 Å². The SMILES string of the molecule is Cc1cccc(OC2CCN(C(=O)NC(C)(C)C)C2)n1. The lowest BCUT2D eigenvalue weighted by atomic mass is 10.1. The van der Waals surface area contributed by atoms with Crippen LogP contribution in [-0.2, 0) is 0 Å². The van der Waals surface area contributed by atoms with Crippen molar-refractivity contribution < 1.29 is 9.53 Å². The molecule has 20 heavy (non-hydrogen) atoms. The molecule has 1 atom stereocenters. The normalized spacial score (nSPS) is 19.0. The number of ether oxygens (including phenoxy) is 1. The molecule has 5 nitrogen and oxygen atoms in total. The Hall–Kier alpha value is -1.78. The van der Waals surface area contributed by atoms with Crippen LogP contribution >= 0.6 is 0 Å². The van der Waals surface area contributed by atoms with Crippen molar-refractivity contribution in [1.82, 2.24) is 15.2 Å². The fourth-order valence-electron chi connectivity index (χ4n) is 2.16.